The molecular formula is C18H22N2O. The highest BCUT2D eigenvalue weighted by atomic mass is 16.4. The van der Waals surface area contributed by atoms with Gasteiger partial charge in [0.25, 0.3) is 0 Å². The Bertz CT molecular complexity index is 622. The van der Waals surface area contributed by atoms with Gasteiger partial charge in [-0.25, -0.2) is 0 Å². The molecule has 21 heavy (non-hydrogen) atoms. The Labute approximate surface area is 126 Å². The van der Waals surface area contributed by atoms with Gasteiger partial charge in [0.2, 0.25) is 0 Å². The van der Waals surface area contributed by atoms with Crippen molar-refractivity contribution in [1.29, 1.82) is 0 Å². The van der Waals surface area contributed by atoms with Crippen LogP contribution in [0, 0.1) is 0 Å². The van der Waals surface area contributed by atoms with Crippen LogP contribution in [0.1, 0.15) is 43.9 Å². The lowest BCUT2D eigenvalue weighted by molar-refractivity contribution is 0.550. The summed E-state index contributed by atoms with van der Waals surface area (Å²) in [6.07, 6.45) is 4.33. The number of benzene rings is 1. The lowest BCUT2D eigenvalue weighted by Gasteiger charge is -2.12. The van der Waals surface area contributed by atoms with Gasteiger partial charge in [-0.2, -0.15) is 0 Å². The van der Waals surface area contributed by atoms with Crippen molar-refractivity contribution in [2.24, 2.45) is 4.99 Å². The Morgan fingerprint density at radius 1 is 1.10 bits per heavy atom. The molecule has 2 aromatic rings. The minimum Gasteiger partial charge on any atom is -0.440 e. The number of furan rings is 1. The van der Waals surface area contributed by atoms with Gasteiger partial charge >= 0.3 is 0 Å². The van der Waals surface area contributed by atoms with E-state index in [0.717, 1.165) is 30.4 Å². The normalized spacial score (nSPS) is 15.5. The number of rotatable bonds is 4. The second kappa shape index (κ2) is 6.17. The quantitative estimate of drug-likeness (QED) is 0.757. The number of hydrogen-bond donors (Lipinski definition) is 0. The summed E-state index contributed by atoms with van der Waals surface area (Å²) in [5.41, 5.74) is 2.28. The molecule has 0 bridgehead atoms. The topological polar surface area (TPSA) is 28.7 Å². The van der Waals surface area contributed by atoms with Gasteiger partial charge in [-0.3, -0.25) is 4.99 Å². The molecule has 1 aliphatic heterocycles. The molecule has 0 saturated carbocycles. The van der Waals surface area contributed by atoms with E-state index in [-0.39, 0.29) is 0 Å². The molecule has 0 aliphatic carbocycles. The predicted octanol–water partition coefficient (Wildman–Crippen LogP) is 4.75. The third-order valence-electron chi connectivity index (χ3n) is 3.92. The molecule has 0 radical (unpaired) electrons. The molecule has 0 N–H and O–H groups in total. The average Bonchev–Trinajstić information content (AvgIpc) is 3.16. The van der Waals surface area contributed by atoms with Crippen LogP contribution in [0.2, 0.25) is 0 Å². The standard InChI is InChI=1S/C18H22N2O/c1-14(2)16-7-3-4-8-17(16)19-13-15-9-10-18(21-15)20-11-5-6-12-20/h3-4,7-10,13-14H,5-6,11-12H2,1-2H3. The summed E-state index contributed by atoms with van der Waals surface area (Å²) in [6.45, 7) is 6.57. The second-order valence-electron chi connectivity index (χ2n) is 5.84. The zero-order chi connectivity index (χ0) is 14.7. The van der Waals surface area contributed by atoms with Gasteiger partial charge in [-0.1, -0.05) is 32.0 Å². The maximum absolute atomic E-state index is 5.87. The van der Waals surface area contributed by atoms with Gasteiger partial charge in [-0.15, -0.1) is 0 Å². The Balaban J connectivity index is 1.77. The zero-order valence-electron chi connectivity index (χ0n) is 12.7. The number of para-hydroxylation sites is 1. The summed E-state index contributed by atoms with van der Waals surface area (Å²) in [5, 5.41) is 0. The molecule has 110 valence electrons. The molecule has 3 heteroatoms. The first-order valence-corrected chi connectivity index (χ1v) is 7.72. The van der Waals surface area contributed by atoms with Crippen LogP contribution in [-0.4, -0.2) is 19.3 Å². The number of nitrogens with zero attached hydrogens (tertiary/aromatic N) is 2. The lowest BCUT2D eigenvalue weighted by Crippen LogP contribution is -2.16. The third kappa shape index (κ3) is 3.18. The fraction of sp³-hybridized carbons (Fsp3) is 0.389. The average molecular weight is 282 g/mol. The number of aliphatic imine (C=N–C) groups is 1. The predicted molar refractivity (Wildman–Crippen MR) is 87.9 cm³/mol. The van der Waals surface area contributed by atoms with Gasteiger partial charge in [0.05, 0.1) is 11.9 Å². The first-order valence-electron chi connectivity index (χ1n) is 7.72. The largest absolute Gasteiger partial charge is 0.440 e. The molecule has 2 heterocycles. The van der Waals surface area contributed by atoms with Gasteiger partial charge in [0, 0.05) is 19.2 Å². The monoisotopic (exact) mass is 282 g/mol. The minimum atomic E-state index is 0.468. The molecule has 0 unspecified atom stereocenters. The molecule has 0 spiro atoms. The van der Waals surface area contributed by atoms with E-state index < -0.39 is 0 Å². The molecule has 1 aromatic heterocycles. The van der Waals surface area contributed by atoms with Gasteiger partial charge < -0.3 is 9.32 Å². The van der Waals surface area contributed by atoms with Crippen molar-refractivity contribution in [1.82, 2.24) is 0 Å². The first kappa shape index (κ1) is 13.9. The van der Waals surface area contributed by atoms with Crippen LogP contribution < -0.4 is 4.90 Å². The van der Waals surface area contributed by atoms with Crippen molar-refractivity contribution in [2.75, 3.05) is 18.0 Å². The molecule has 3 nitrogen and oxygen atoms in total. The van der Waals surface area contributed by atoms with E-state index in [1.54, 1.807) is 0 Å². The molecule has 1 fully saturated rings. The molecule has 0 amide bonds. The van der Waals surface area contributed by atoms with Crippen molar-refractivity contribution in [3.05, 3.63) is 47.7 Å². The molecular weight excluding hydrogens is 260 g/mol. The van der Waals surface area contributed by atoms with Gasteiger partial charge in [0.1, 0.15) is 5.76 Å². The minimum absolute atomic E-state index is 0.468. The van der Waals surface area contributed by atoms with Crippen molar-refractivity contribution in [2.45, 2.75) is 32.6 Å². The molecule has 0 atom stereocenters. The van der Waals surface area contributed by atoms with E-state index in [9.17, 15) is 0 Å². The highest BCUT2D eigenvalue weighted by Crippen LogP contribution is 2.27. The fourth-order valence-electron chi connectivity index (χ4n) is 2.75. The summed E-state index contributed by atoms with van der Waals surface area (Å²) in [6, 6.07) is 12.3. The van der Waals surface area contributed by atoms with E-state index >= 15 is 0 Å². The third-order valence-corrected chi connectivity index (χ3v) is 3.92. The maximum Gasteiger partial charge on any atom is 0.196 e. The van der Waals surface area contributed by atoms with E-state index in [1.165, 1.54) is 18.4 Å². The Morgan fingerprint density at radius 3 is 2.62 bits per heavy atom. The summed E-state index contributed by atoms with van der Waals surface area (Å²) >= 11 is 0. The summed E-state index contributed by atoms with van der Waals surface area (Å²) < 4.78 is 5.87. The molecule has 1 aromatic carbocycles. The van der Waals surface area contributed by atoms with Crippen molar-refractivity contribution in [3.63, 3.8) is 0 Å². The van der Waals surface area contributed by atoms with Crippen molar-refractivity contribution >= 4 is 17.8 Å². The number of anilines is 1. The SMILES string of the molecule is CC(C)c1ccccc1N=Cc1ccc(N2CCCC2)o1. The second-order valence-corrected chi connectivity index (χ2v) is 5.84. The highest BCUT2D eigenvalue weighted by Gasteiger charge is 2.15. The Morgan fingerprint density at radius 2 is 1.86 bits per heavy atom. The Kier molecular flexibility index (Phi) is 4.09. The van der Waals surface area contributed by atoms with Gasteiger partial charge in [0.15, 0.2) is 5.88 Å². The van der Waals surface area contributed by atoms with Crippen LogP contribution in [0.5, 0.6) is 0 Å². The van der Waals surface area contributed by atoms with Crippen LogP contribution in [0.25, 0.3) is 0 Å². The smallest absolute Gasteiger partial charge is 0.196 e. The zero-order valence-corrected chi connectivity index (χ0v) is 12.7. The Hall–Kier alpha value is -2.03. The molecule has 1 saturated heterocycles. The summed E-state index contributed by atoms with van der Waals surface area (Å²) in [5.74, 6) is 2.25. The van der Waals surface area contributed by atoms with Crippen LogP contribution in [0.15, 0.2) is 45.8 Å². The van der Waals surface area contributed by atoms with Crippen LogP contribution >= 0.6 is 0 Å². The maximum atomic E-state index is 5.87. The molecule has 1 aliphatic rings. The summed E-state index contributed by atoms with van der Waals surface area (Å²) in [4.78, 5) is 6.89. The van der Waals surface area contributed by atoms with Crippen LogP contribution in [0.4, 0.5) is 11.6 Å². The van der Waals surface area contributed by atoms with Crippen LogP contribution in [-0.2, 0) is 0 Å². The van der Waals surface area contributed by atoms with E-state index in [4.69, 9.17) is 4.42 Å². The van der Waals surface area contributed by atoms with Crippen LogP contribution in [0.3, 0.4) is 0 Å². The number of hydrogen-bond acceptors (Lipinski definition) is 3. The lowest BCUT2D eigenvalue weighted by atomic mass is 10.0. The van der Waals surface area contributed by atoms with E-state index in [2.05, 4.69) is 41.9 Å². The van der Waals surface area contributed by atoms with Gasteiger partial charge in [-0.05, 0) is 36.5 Å². The first-order chi connectivity index (χ1) is 10.2. The fourth-order valence-corrected chi connectivity index (χ4v) is 2.75. The van der Waals surface area contributed by atoms with Crippen molar-refractivity contribution in [3.8, 4) is 0 Å². The van der Waals surface area contributed by atoms with E-state index in [1.807, 2.05) is 24.4 Å². The van der Waals surface area contributed by atoms with Crippen molar-refractivity contribution < 1.29 is 4.42 Å². The molecule has 3 rings (SSSR count). The van der Waals surface area contributed by atoms with E-state index in [0.29, 0.717) is 5.92 Å². The summed E-state index contributed by atoms with van der Waals surface area (Å²) in [7, 11) is 0. The highest BCUT2D eigenvalue weighted by molar-refractivity contribution is 5.79.